The monoisotopic (exact) mass is 294 g/mol. The summed E-state index contributed by atoms with van der Waals surface area (Å²) in [5.74, 6) is -0.210. The van der Waals surface area contributed by atoms with E-state index in [0.29, 0.717) is 5.69 Å². The Labute approximate surface area is 116 Å². The number of H-pyrrole nitrogens is 1. The number of anilines is 1. The van der Waals surface area contributed by atoms with Gasteiger partial charge in [0.05, 0.1) is 11.1 Å². The Morgan fingerprint density at radius 3 is 2.55 bits per heavy atom. The molecular formula is C12H14N4O3S. The topological polar surface area (TPSA) is 104 Å². The van der Waals surface area contributed by atoms with Crippen molar-refractivity contribution in [1.82, 2.24) is 14.9 Å². The van der Waals surface area contributed by atoms with Crippen LogP contribution in [0.3, 0.4) is 0 Å². The molecule has 0 spiro atoms. The summed E-state index contributed by atoms with van der Waals surface area (Å²) in [5, 5.41) is 8.91. The zero-order valence-electron chi connectivity index (χ0n) is 10.8. The number of hydrogen-bond donors (Lipinski definition) is 3. The summed E-state index contributed by atoms with van der Waals surface area (Å²) in [4.78, 5) is 11.0. The van der Waals surface area contributed by atoms with Gasteiger partial charge in [0.25, 0.3) is 0 Å². The lowest BCUT2D eigenvalue weighted by Gasteiger charge is -2.07. The van der Waals surface area contributed by atoms with Crippen LogP contribution in [0.2, 0.25) is 0 Å². The summed E-state index contributed by atoms with van der Waals surface area (Å²) in [7, 11) is -3.59. The third kappa shape index (κ3) is 3.65. The van der Waals surface area contributed by atoms with Gasteiger partial charge in [-0.2, -0.15) is 5.10 Å². The van der Waals surface area contributed by atoms with Crippen molar-refractivity contribution in [2.24, 2.45) is 0 Å². The number of sulfonamides is 1. The van der Waals surface area contributed by atoms with Crippen LogP contribution >= 0.6 is 0 Å². The van der Waals surface area contributed by atoms with Gasteiger partial charge in [-0.3, -0.25) is 9.89 Å². The second-order valence-electron chi connectivity index (χ2n) is 4.14. The third-order valence-corrected chi connectivity index (χ3v) is 3.92. The van der Waals surface area contributed by atoms with E-state index in [9.17, 15) is 13.2 Å². The zero-order chi connectivity index (χ0) is 14.6. The van der Waals surface area contributed by atoms with Gasteiger partial charge in [-0.1, -0.05) is 0 Å². The Bertz CT molecular complexity index is 678. The van der Waals surface area contributed by atoms with Crippen LogP contribution in [0.4, 0.5) is 5.69 Å². The van der Waals surface area contributed by atoms with E-state index in [1.807, 2.05) is 0 Å². The lowest BCUT2D eigenvalue weighted by atomic mass is 10.3. The van der Waals surface area contributed by atoms with E-state index in [4.69, 9.17) is 0 Å². The first kappa shape index (κ1) is 14.2. The SMILES string of the molecule is CC(=O)Nc1ccc(S(=O)(=O)NCc2cn[nH]c2)cc1. The Hall–Kier alpha value is -2.19. The number of aromatic amines is 1. The van der Waals surface area contributed by atoms with Crippen molar-refractivity contribution in [3.8, 4) is 0 Å². The van der Waals surface area contributed by atoms with Gasteiger partial charge in [-0.25, -0.2) is 13.1 Å². The highest BCUT2D eigenvalue weighted by Crippen LogP contribution is 2.14. The van der Waals surface area contributed by atoms with E-state index >= 15 is 0 Å². The number of benzene rings is 1. The molecule has 0 aliphatic rings. The molecule has 106 valence electrons. The van der Waals surface area contributed by atoms with Crippen LogP contribution in [-0.4, -0.2) is 24.5 Å². The summed E-state index contributed by atoms with van der Waals surface area (Å²) in [6, 6.07) is 5.94. The van der Waals surface area contributed by atoms with Crippen molar-refractivity contribution >= 4 is 21.6 Å². The lowest BCUT2D eigenvalue weighted by Crippen LogP contribution is -2.23. The van der Waals surface area contributed by atoms with Crippen LogP contribution in [0.5, 0.6) is 0 Å². The molecule has 0 saturated carbocycles. The Morgan fingerprint density at radius 1 is 1.30 bits per heavy atom. The zero-order valence-corrected chi connectivity index (χ0v) is 11.6. The van der Waals surface area contributed by atoms with Crippen LogP contribution in [0.25, 0.3) is 0 Å². The molecule has 3 N–H and O–H groups in total. The lowest BCUT2D eigenvalue weighted by molar-refractivity contribution is -0.114. The van der Waals surface area contributed by atoms with Gasteiger partial charge in [0.1, 0.15) is 0 Å². The predicted octanol–water partition coefficient (Wildman–Crippen LogP) is 0.847. The van der Waals surface area contributed by atoms with E-state index in [0.717, 1.165) is 5.56 Å². The van der Waals surface area contributed by atoms with Crippen LogP contribution in [0.1, 0.15) is 12.5 Å². The fourth-order valence-electron chi connectivity index (χ4n) is 1.56. The summed E-state index contributed by atoms with van der Waals surface area (Å²) >= 11 is 0. The average Bonchev–Trinajstić information content (AvgIpc) is 2.89. The van der Waals surface area contributed by atoms with Gasteiger partial charge in [0, 0.05) is 30.9 Å². The normalized spacial score (nSPS) is 11.2. The minimum atomic E-state index is -3.59. The molecule has 0 fully saturated rings. The summed E-state index contributed by atoms with van der Waals surface area (Å²) in [6.07, 6.45) is 3.16. The highest BCUT2D eigenvalue weighted by atomic mass is 32.2. The number of carbonyl (C=O) groups excluding carboxylic acids is 1. The van der Waals surface area contributed by atoms with E-state index < -0.39 is 10.0 Å². The fourth-order valence-corrected chi connectivity index (χ4v) is 2.57. The van der Waals surface area contributed by atoms with E-state index in [2.05, 4.69) is 20.2 Å². The van der Waals surface area contributed by atoms with Crippen molar-refractivity contribution in [2.45, 2.75) is 18.4 Å². The Kier molecular flexibility index (Phi) is 4.16. The van der Waals surface area contributed by atoms with E-state index in [1.165, 1.54) is 31.2 Å². The molecule has 20 heavy (non-hydrogen) atoms. The maximum atomic E-state index is 12.0. The minimum Gasteiger partial charge on any atom is -0.326 e. The molecule has 0 radical (unpaired) electrons. The first-order valence-corrected chi connectivity index (χ1v) is 7.31. The van der Waals surface area contributed by atoms with E-state index in [-0.39, 0.29) is 17.3 Å². The number of nitrogens with one attached hydrogen (secondary N) is 3. The van der Waals surface area contributed by atoms with Crippen LogP contribution < -0.4 is 10.0 Å². The standard InChI is InChI=1S/C12H14N4O3S/c1-9(17)16-11-2-4-12(5-3-11)20(18,19)15-8-10-6-13-14-7-10/h2-7,15H,8H2,1H3,(H,13,14)(H,16,17). The van der Waals surface area contributed by atoms with Crippen molar-refractivity contribution in [2.75, 3.05) is 5.32 Å². The molecule has 0 aliphatic heterocycles. The first-order chi connectivity index (χ1) is 9.47. The van der Waals surface area contributed by atoms with Crippen molar-refractivity contribution in [3.63, 3.8) is 0 Å². The summed E-state index contributed by atoms with van der Waals surface area (Å²) in [5.41, 5.74) is 1.29. The van der Waals surface area contributed by atoms with Crippen LogP contribution in [0, 0.1) is 0 Å². The molecular weight excluding hydrogens is 280 g/mol. The maximum absolute atomic E-state index is 12.0. The molecule has 0 bridgehead atoms. The first-order valence-electron chi connectivity index (χ1n) is 5.82. The van der Waals surface area contributed by atoms with Crippen molar-refractivity contribution in [3.05, 3.63) is 42.2 Å². The molecule has 1 amide bonds. The van der Waals surface area contributed by atoms with Gasteiger partial charge in [-0.15, -0.1) is 0 Å². The van der Waals surface area contributed by atoms with Gasteiger partial charge in [0.2, 0.25) is 15.9 Å². The molecule has 0 aliphatic carbocycles. The molecule has 2 rings (SSSR count). The number of carbonyl (C=O) groups is 1. The van der Waals surface area contributed by atoms with Crippen molar-refractivity contribution < 1.29 is 13.2 Å². The smallest absolute Gasteiger partial charge is 0.240 e. The average molecular weight is 294 g/mol. The molecule has 7 nitrogen and oxygen atoms in total. The van der Waals surface area contributed by atoms with Crippen LogP contribution in [0.15, 0.2) is 41.6 Å². The molecule has 0 atom stereocenters. The van der Waals surface area contributed by atoms with Crippen molar-refractivity contribution in [1.29, 1.82) is 0 Å². The number of aromatic nitrogens is 2. The largest absolute Gasteiger partial charge is 0.326 e. The molecule has 1 aromatic heterocycles. The quantitative estimate of drug-likeness (QED) is 0.760. The van der Waals surface area contributed by atoms with Crippen LogP contribution in [-0.2, 0) is 21.4 Å². The summed E-state index contributed by atoms with van der Waals surface area (Å²) in [6.45, 7) is 1.55. The second kappa shape index (κ2) is 5.85. The van der Waals surface area contributed by atoms with Gasteiger partial charge in [0.15, 0.2) is 0 Å². The van der Waals surface area contributed by atoms with E-state index in [1.54, 1.807) is 12.4 Å². The molecule has 1 aromatic carbocycles. The number of amides is 1. The third-order valence-electron chi connectivity index (χ3n) is 2.51. The molecule has 1 heterocycles. The number of nitrogens with zero attached hydrogens (tertiary/aromatic N) is 1. The van der Waals surface area contributed by atoms with Gasteiger partial charge < -0.3 is 5.32 Å². The highest BCUT2D eigenvalue weighted by Gasteiger charge is 2.13. The Morgan fingerprint density at radius 2 is 2.00 bits per heavy atom. The fraction of sp³-hybridized carbons (Fsp3) is 0.167. The molecule has 0 unspecified atom stereocenters. The minimum absolute atomic E-state index is 0.134. The second-order valence-corrected chi connectivity index (χ2v) is 5.90. The molecule has 0 saturated heterocycles. The predicted molar refractivity (Wildman–Crippen MR) is 73.4 cm³/mol. The number of hydrogen-bond acceptors (Lipinski definition) is 4. The molecule has 2 aromatic rings. The Balaban J connectivity index is 2.07. The highest BCUT2D eigenvalue weighted by molar-refractivity contribution is 7.89. The maximum Gasteiger partial charge on any atom is 0.240 e. The summed E-state index contributed by atoms with van der Waals surface area (Å²) < 4.78 is 26.5. The number of rotatable bonds is 5. The molecule has 8 heteroatoms. The van der Waals surface area contributed by atoms with Gasteiger partial charge in [-0.05, 0) is 24.3 Å². The van der Waals surface area contributed by atoms with Gasteiger partial charge >= 0.3 is 0 Å².